The van der Waals surface area contributed by atoms with Gasteiger partial charge in [0.2, 0.25) is 0 Å². The quantitative estimate of drug-likeness (QED) is 0.294. The predicted molar refractivity (Wildman–Crippen MR) is 187 cm³/mol. The van der Waals surface area contributed by atoms with Gasteiger partial charge in [-0.25, -0.2) is 9.98 Å². The summed E-state index contributed by atoms with van der Waals surface area (Å²) in [5.74, 6) is 2.37. The van der Waals surface area contributed by atoms with Crippen molar-refractivity contribution in [2.24, 2.45) is 39.5 Å². The minimum Gasteiger partial charge on any atom is -0.451 e. The van der Waals surface area contributed by atoms with Crippen molar-refractivity contribution in [1.29, 1.82) is 5.41 Å². The van der Waals surface area contributed by atoms with Crippen molar-refractivity contribution < 1.29 is 19.4 Å². The Hall–Kier alpha value is -3.07. The number of aliphatic hydroxyl groups is 1. The number of nitrogens with one attached hydrogen (secondary N) is 1. The molecule has 3 saturated carbocycles. The first-order valence-electron chi connectivity index (χ1n) is 17.3. The van der Waals surface area contributed by atoms with Crippen LogP contribution < -0.4 is 4.74 Å². The summed E-state index contributed by atoms with van der Waals surface area (Å²) in [5.41, 5.74) is 1.75. The van der Waals surface area contributed by atoms with Crippen LogP contribution >= 0.6 is 11.8 Å². The zero-order valence-electron chi connectivity index (χ0n) is 27.8. The number of pyridine rings is 1. The molecule has 0 bridgehead atoms. The zero-order chi connectivity index (χ0) is 32.8. The van der Waals surface area contributed by atoms with Crippen LogP contribution in [0, 0.1) is 39.9 Å². The molecule has 1 aromatic heterocycles. The van der Waals surface area contributed by atoms with E-state index in [1.807, 2.05) is 36.4 Å². The van der Waals surface area contributed by atoms with Crippen molar-refractivity contribution >= 4 is 35.3 Å². The molecule has 2 N–H and O–H groups in total. The van der Waals surface area contributed by atoms with Gasteiger partial charge in [-0.15, -0.1) is 0 Å². The van der Waals surface area contributed by atoms with Gasteiger partial charge in [-0.1, -0.05) is 55.4 Å². The van der Waals surface area contributed by atoms with Crippen LogP contribution in [0.5, 0.6) is 5.75 Å². The lowest BCUT2D eigenvalue weighted by Crippen LogP contribution is -2.62. The van der Waals surface area contributed by atoms with Crippen molar-refractivity contribution in [1.82, 2.24) is 4.98 Å². The molecule has 4 aliphatic carbocycles. The minimum atomic E-state index is -0.944. The summed E-state index contributed by atoms with van der Waals surface area (Å²) < 4.78 is 12.7. The molecule has 0 amide bonds. The molecule has 7 nitrogen and oxygen atoms in total. The molecule has 3 fully saturated rings. The second kappa shape index (κ2) is 12.8. The predicted octanol–water partition coefficient (Wildman–Crippen LogP) is 7.91. The largest absolute Gasteiger partial charge is 0.451 e. The third-order valence-electron chi connectivity index (χ3n) is 12.5. The van der Waals surface area contributed by atoms with Gasteiger partial charge in [0.05, 0.1) is 17.6 Å². The number of ether oxygens (including phenoxy) is 2. The fourth-order valence-corrected chi connectivity index (χ4v) is 11.2. The third kappa shape index (κ3) is 5.44. The highest BCUT2D eigenvalue weighted by Crippen LogP contribution is 2.68. The normalized spacial score (nSPS) is 37.1. The number of aryl methyl sites for hydroxylation is 1. The van der Waals surface area contributed by atoms with E-state index in [2.05, 4.69) is 37.0 Å². The van der Waals surface area contributed by atoms with Gasteiger partial charge in [0.15, 0.2) is 16.7 Å². The van der Waals surface area contributed by atoms with Crippen LogP contribution in [0.25, 0.3) is 0 Å². The molecular weight excluding hydrogens is 607 g/mol. The molecule has 47 heavy (non-hydrogen) atoms. The van der Waals surface area contributed by atoms with E-state index in [0.29, 0.717) is 18.7 Å². The highest BCUT2D eigenvalue weighted by molar-refractivity contribution is 8.03. The number of ketones is 1. The summed E-state index contributed by atoms with van der Waals surface area (Å²) in [6, 6.07) is 13.9. The molecule has 8 unspecified atom stereocenters. The maximum Gasteiger partial charge on any atom is 0.175 e. The van der Waals surface area contributed by atoms with Crippen LogP contribution in [0.1, 0.15) is 70.8 Å². The molecule has 0 radical (unpaired) electrons. The van der Waals surface area contributed by atoms with Gasteiger partial charge in [0.25, 0.3) is 0 Å². The molecule has 5 aliphatic rings. The summed E-state index contributed by atoms with van der Waals surface area (Å²) in [6.45, 7) is 4.52. The lowest BCUT2D eigenvalue weighted by atomic mass is 9.44. The number of aliphatic hydroxyl groups excluding tert-OH is 1. The molecule has 1 aliphatic heterocycles. The summed E-state index contributed by atoms with van der Waals surface area (Å²) in [4.78, 5) is 23.6. The molecular formula is C39H47N3O4S. The van der Waals surface area contributed by atoms with Crippen LogP contribution in [0.4, 0.5) is 5.82 Å². The van der Waals surface area contributed by atoms with Crippen molar-refractivity contribution in [3.8, 4) is 5.75 Å². The Balaban J connectivity index is 1.12. The smallest absolute Gasteiger partial charge is 0.175 e. The van der Waals surface area contributed by atoms with Crippen LogP contribution in [-0.4, -0.2) is 52.4 Å². The maximum atomic E-state index is 14.4. The number of thioether (sulfide) groups is 1. The molecule has 0 spiro atoms. The number of para-hydroxylation sites is 1. The first kappa shape index (κ1) is 32.5. The highest BCUT2D eigenvalue weighted by atomic mass is 32.2. The van der Waals surface area contributed by atoms with Gasteiger partial charge < -0.3 is 20.0 Å². The van der Waals surface area contributed by atoms with E-state index in [1.54, 1.807) is 13.3 Å². The van der Waals surface area contributed by atoms with E-state index in [0.717, 1.165) is 61.5 Å². The van der Waals surface area contributed by atoms with Crippen LogP contribution in [0.15, 0.2) is 76.5 Å². The van der Waals surface area contributed by atoms with Gasteiger partial charge in [0.1, 0.15) is 11.4 Å². The first-order chi connectivity index (χ1) is 22.7. The lowest BCUT2D eigenvalue weighted by molar-refractivity contribution is -0.185. The average molecular weight is 654 g/mol. The fraction of sp³-hybridized carbons (Fsp3) is 0.538. The number of rotatable bonds is 7. The number of benzene rings is 1. The standard InChI is InChI=1S/C39H47N3O4S/c1-37-21-26(23-40)30(42-34-13-8-9-19-41-34)20-27(37)15-16-28-29-17-18-39(45-3,38(29,2)22-31(43)36(28)37)33(44)24-47-35-14-7-5-11-25-10-4-6-12-32(25)46-35/h4,6,8-10,12-14,19-20,23,26,28-29,31,36,40,43H,5,7,11,15-18,21-22,24H2,1-3H3. The Morgan fingerprint density at radius 1 is 1.17 bits per heavy atom. The number of hydrogen-bond donors (Lipinski definition) is 2. The summed E-state index contributed by atoms with van der Waals surface area (Å²) in [5, 5.41) is 21.3. The van der Waals surface area contributed by atoms with E-state index in [9.17, 15) is 9.90 Å². The van der Waals surface area contributed by atoms with Gasteiger partial charge in [-0.3, -0.25) is 4.79 Å². The second-order valence-electron chi connectivity index (χ2n) is 14.7. The number of allylic oxidation sites excluding steroid dienone is 3. The number of Topliss-reactive ketones (excluding diaryl/α,β-unsaturated/α-hetero) is 1. The summed E-state index contributed by atoms with van der Waals surface area (Å²) in [7, 11) is 1.69. The number of fused-ring (bicyclic) bond motifs is 6. The van der Waals surface area contributed by atoms with Gasteiger partial charge in [-0.05, 0) is 117 Å². The lowest BCUT2D eigenvalue weighted by Gasteiger charge is -2.61. The third-order valence-corrected chi connectivity index (χ3v) is 13.5. The number of aromatic nitrogens is 1. The molecule has 248 valence electrons. The topological polar surface area (TPSA) is 105 Å². The molecule has 8 atom stereocenters. The number of carbonyl (C=O) groups excluding carboxylic acids is 1. The Labute approximate surface area is 282 Å². The van der Waals surface area contributed by atoms with Crippen molar-refractivity contribution in [3.63, 3.8) is 0 Å². The van der Waals surface area contributed by atoms with Crippen LogP contribution in [-0.2, 0) is 16.0 Å². The van der Waals surface area contributed by atoms with Crippen molar-refractivity contribution in [3.05, 3.63) is 77.0 Å². The molecule has 1 aromatic carbocycles. The summed E-state index contributed by atoms with van der Waals surface area (Å²) in [6.07, 6.45) is 14.7. The molecule has 0 saturated heterocycles. The number of nitrogens with zero attached hydrogens (tertiary/aromatic N) is 2. The monoisotopic (exact) mass is 653 g/mol. The van der Waals surface area contributed by atoms with Gasteiger partial charge in [-0.2, -0.15) is 0 Å². The molecule has 8 heteroatoms. The minimum absolute atomic E-state index is 0.0603. The Morgan fingerprint density at radius 2 is 2.00 bits per heavy atom. The number of carbonyl (C=O) groups is 1. The zero-order valence-corrected chi connectivity index (χ0v) is 28.6. The van der Waals surface area contributed by atoms with E-state index in [4.69, 9.17) is 19.9 Å². The van der Waals surface area contributed by atoms with E-state index in [-0.39, 0.29) is 40.6 Å². The Bertz CT molecular complexity index is 1620. The van der Waals surface area contributed by atoms with E-state index >= 15 is 0 Å². The molecule has 2 heterocycles. The van der Waals surface area contributed by atoms with Gasteiger partial charge >= 0.3 is 0 Å². The SMILES string of the molecule is COC1(C(=O)CSC2=CCCCc3ccccc3O2)CCC2C3CCC4=CC(=Nc5ccccn5)C(C=N)CC4(C)C3C(O)CC21C. The Morgan fingerprint density at radius 3 is 2.79 bits per heavy atom. The van der Waals surface area contributed by atoms with Crippen LogP contribution in [0.3, 0.4) is 0 Å². The number of aliphatic imine (C=N–C) groups is 1. The fourth-order valence-electron chi connectivity index (χ4n) is 10.3. The number of methoxy groups -OCH3 is 1. The van der Waals surface area contributed by atoms with Gasteiger partial charge in [0, 0.05) is 30.9 Å². The summed E-state index contributed by atoms with van der Waals surface area (Å²) >= 11 is 1.47. The number of hydrogen-bond acceptors (Lipinski definition) is 8. The first-order valence-corrected chi connectivity index (χ1v) is 18.3. The average Bonchev–Trinajstić information content (AvgIpc) is 3.37. The Kier molecular flexibility index (Phi) is 8.81. The van der Waals surface area contributed by atoms with E-state index < -0.39 is 17.1 Å². The maximum absolute atomic E-state index is 14.4. The molecule has 2 aromatic rings. The van der Waals surface area contributed by atoms with E-state index in [1.165, 1.54) is 29.1 Å². The highest BCUT2D eigenvalue weighted by Gasteiger charge is 2.69. The van der Waals surface area contributed by atoms with Crippen molar-refractivity contribution in [2.45, 2.75) is 83.3 Å². The molecule has 7 rings (SSSR count). The second-order valence-corrected chi connectivity index (χ2v) is 15.7. The van der Waals surface area contributed by atoms with Crippen molar-refractivity contribution in [2.75, 3.05) is 12.9 Å². The van der Waals surface area contributed by atoms with Crippen LogP contribution in [0.2, 0.25) is 0 Å².